The summed E-state index contributed by atoms with van der Waals surface area (Å²) >= 11 is 5.46. The Morgan fingerprint density at radius 3 is 2.54 bits per heavy atom. The number of hydrogen-bond donors (Lipinski definition) is 0. The average molecular weight is 203 g/mol. The van der Waals surface area contributed by atoms with Gasteiger partial charge in [0.25, 0.3) is 5.24 Å². The molecular formula is C10H15ClO2. The molecule has 1 aliphatic heterocycles. The van der Waals surface area contributed by atoms with Crippen molar-refractivity contribution in [3.63, 3.8) is 0 Å². The molecule has 0 N–H and O–H groups in total. The van der Waals surface area contributed by atoms with Crippen molar-refractivity contribution >= 4 is 16.8 Å². The Bertz CT molecular complexity index is 266. The highest BCUT2D eigenvalue weighted by Gasteiger charge is 2.33. The van der Waals surface area contributed by atoms with Gasteiger partial charge < -0.3 is 4.74 Å². The maximum absolute atomic E-state index is 11.1. The maximum Gasteiger partial charge on any atom is 0.251 e. The second-order valence-corrected chi connectivity index (χ2v) is 4.55. The van der Waals surface area contributed by atoms with Crippen LogP contribution in [0.25, 0.3) is 0 Å². The molecule has 0 radical (unpaired) electrons. The number of carbonyl (C=O) groups is 1. The van der Waals surface area contributed by atoms with Crippen LogP contribution in [0.15, 0.2) is 11.3 Å². The molecule has 0 bridgehead atoms. The molecule has 0 spiro atoms. The van der Waals surface area contributed by atoms with Crippen molar-refractivity contribution in [1.82, 2.24) is 0 Å². The molecule has 74 valence electrons. The van der Waals surface area contributed by atoms with Gasteiger partial charge in [-0.15, -0.1) is 0 Å². The lowest BCUT2D eigenvalue weighted by Gasteiger charge is -2.36. The second kappa shape index (κ2) is 3.33. The first-order valence-corrected chi connectivity index (χ1v) is 4.81. The standard InChI is InChI=1S/C10H15ClO2/c1-6-5-10(3,4)13-7(2)8(6)9(11)12/h6H,5H2,1-4H3. The van der Waals surface area contributed by atoms with E-state index in [1.165, 1.54) is 0 Å². The first-order chi connectivity index (χ1) is 5.83. The minimum Gasteiger partial charge on any atom is -0.492 e. The summed E-state index contributed by atoms with van der Waals surface area (Å²) in [5.74, 6) is 0.859. The van der Waals surface area contributed by atoms with Gasteiger partial charge in [0.15, 0.2) is 0 Å². The molecular weight excluding hydrogens is 188 g/mol. The minimum atomic E-state index is -0.388. The zero-order valence-corrected chi connectivity index (χ0v) is 9.23. The molecule has 0 amide bonds. The van der Waals surface area contributed by atoms with Gasteiger partial charge in [-0.2, -0.15) is 0 Å². The molecule has 0 fully saturated rings. The predicted octanol–water partition coefficient (Wildman–Crippen LogP) is 2.86. The first-order valence-electron chi connectivity index (χ1n) is 4.43. The zero-order chi connectivity index (χ0) is 10.2. The van der Waals surface area contributed by atoms with E-state index in [2.05, 4.69) is 0 Å². The lowest BCUT2D eigenvalue weighted by molar-refractivity contribution is -0.110. The molecule has 0 saturated carbocycles. The summed E-state index contributed by atoms with van der Waals surface area (Å²) in [7, 11) is 0. The molecule has 0 saturated heterocycles. The Morgan fingerprint density at radius 2 is 2.15 bits per heavy atom. The average Bonchev–Trinajstić information content (AvgIpc) is 1.78. The van der Waals surface area contributed by atoms with Gasteiger partial charge in [-0.25, -0.2) is 0 Å². The molecule has 13 heavy (non-hydrogen) atoms. The fraction of sp³-hybridized carbons (Fsp3) is 0.700. The Labute approximate surface area is 83.9 Å². The van der Waals surface area contributed by atoms with Crippen LogP contribution in [0, 0.1) is 5.92 Å². The summed E-state index contributed by atoms with van der Waals surface area (Å²) < 4.78 is 5.59. The van der Waals surface area contributed by atoms with Gasteiger partial charge in [0, 0.05) is 0 Å². The number of halogens is 1. The summed E-state index contributed by atoms with van der Waals surface area (Å²) in [4.78, 5) is 11.1. The van der Waals surface area contributed by atoms with Crippen LogP contribution >= 0.6 is 11.6 Å². The van der Waals surface area contributed by atoms with Crippen molar-refractivity contribution in [1.29, 1.82) is 0 Å². The normalized spacial score (nSPS) is 27.0. The SMILES string of the molecule is CC1=C(C(=O)Cl)C(C)CC(C)(C)O1. The molecule has 0 aromatic rings. The van der Waals surface area contributed by atoms with Gasteiger partial charge in [0.1, 0.15) is 11.4 Å². The van der Waals surface area contributed by atoms with Crippen LogP contribution in [-0.4, -0.2) is 10.8 Å². The van der Waals surface area contributed by atoms with Gasteiger partial charge in [-0.3, -0.25) is 4.79 Å². The van der Waals surface area contributed by atoms with E-state index in [0.717, 1.165) is 6.42 Å². The molecule has 1 unspecified atom stereocenters. The summed E-state index contributed by atoms with van der Waals surface area (Å²) in [6, 6.07) is 0. The summed E-state index contributed by atoms with van der Waals surface area (Å²) in [6.45, 7) is 7.83. The van der Waals surface area contributed by atoms with E-state index < -0.39 is 0 Å². The first kappa shape index (κ1) is 10.6. The van der Waals surface area contributed by atoms with Gasteiger partial charge in [0.2, 0.25) is 0 Å². The van der Waals surface area contributed by atoms with E-state index in [9.17, 15) is 4.79 Å². The van der Waals surface area contributed by atoms with Crippen molar-refractivity contribution in [2.24, 2.45) is 5.92 Å². The minimum absolute atomic E-state index is 0.181. The second-order valence-electron chi connectivity index (χ2n) is 4.21. The smallest absolute Gasteiger partial charge is 0.251 e. The van der Waals surface area contributed by atoms with Gasteiger partial charge >= 0.3 is 0 Å². The number of carbonyl (C=O) groups excluding carboxylic acids is 1. The van der Waals surface area contributed by atoms with E-state index in [-0.39, 0.29) is 16.8 Å². The van der Waals surface area contributed by atoms with E-state index in [1.807, 2.05) is 20.8 Å². The molecule has 0 aromatic carbocycles. The highest BCUT2D eigenvalue weighted by atomic mass is 35.5. The van der Waals surface area contributed by atoms with Gasteiger partial charge in [-0.1, -0.05) is 6.92 Å². The molecule has 1 heterocycles. The van der Waals surface area contributed by atoms with Crippen LogP contribution in [-0.2, 0) is 9.53 Å². The van der Waals surface area contributed by atoms with E-state index in [0.29, 0.717) is 11.3 Å². The van der Waals surface area contributed by atoms with Crippen LogP contribution in [0.2, 0.25) is 0 Å². The maximum atomic E-state index is 11.1. The van der Waals surface area contributed by atoms with Crippen molar-refractivity contribution in [3.8, 4) is 0 Å². The number of rotatable bonds is 1. The topological polar surface area (TPSA) is 26.3 Å². The highest BCUT2D eigenvalue weighted by molar-refractivity contribution is 6.67. The van der Waals surface area contributed by atoms with Gasteiger partial charge in [0.05, 0.1) is 5.57 Å². The van der Waals surface area contributed by atoms with Crippen molar-refractivity contribution in [2.45, 2.75) is 39.7 Å². The van der Waals surface area contributed by atoms with Crippen molar-refractivity contribution < 1.29 is 9.53 Å². The van der Waals surface area contributed by atoms with E-state index in [4.69, 9.17) is 16.3 Å². The molecule has 3 heteroatoms. The molecule has 0 aromatic heterocycles. The van der Waals surface area contributed by atoms with Crippen molar-refractivity contribution in [3.05, 3.63) is 11.3 Å². The summed E-state index contributed by atoms with van der Waals surface area (Å²) in [5, 5.41) is -0.388. The fourth-order valence-electron chi connectivity index (χ4n) is 2.03. The third kappa shape index (κ3) is 2.25. The van der Waals surface area contributed by atoms with E-state index >= 15 is 0 Å². The van der Waals surface area contributed by atoms with Crippen LogP contribution in [0.4, 0.5) is 0 Å². The van der Waals surface area contributed by atoms with Crippen LogP contribution in [0.3, 0.4) is 0 Å². The molecule has 0 aliphatic carbocycles. The summed E-state index contributed by atoms with van der Waals surface area (Å²) in [6.07, 6.45) is 0.831. The number of hydrogen-bond acceptors (Lipinski definition) is 2. The van der Waals surface area contributed by atoms with Crippen LogP contribution in [0.5, 0.6) is 0 Å². The lowest BCUT2D eigenvalue weighted by Crippen LogP contribution is -2.33. The Morgan fingerprint density at radius 1 is 1.62 bits per heavy atom. The Balaban J connectivity index is 3.01. The third-order valence-electron chi connectivity index (χ3n) is 2.31. The quantitative estimate of drug-likeness (QED) is 0.612. The van der Waals surface area contributed by atoms with Crippen LogP contribution < -0.4 is 0 Å². The summed E-state index contributed by atoms with van der Waals surface area (Å²) in [5.41, 5.74) is 0.445. The van der Waals surface area contributed by atoms with Crippen molar-refractivity contribution in [2.75, 3.05) is 0 Å². The molecule has 1 rings (SSSR count). The Kier molecular flexibility index (Phi) is 2.71. The van der Waals surface area contributed by atoms with Gasteiger partial charge in [-0.05, 0) is 44.7 Å². The number of allylic oxidation sites excluding steroid dienone is 2. The third-order valence-corrected chi connectivity index (χ3v) is 2.51. The molecule has 1 atom stereocenters. The number of ether oxygens (including phenoxy) is 1. The zero-order valence-electron chi connectivity index (χ0n) is 8.48. The predicted molar refractivity (Wildman–Crippen MR) is 52.5 cm³/mol. The molecule has 2 nitrogen and oxygen atoms in total. The highest BCUT2D eigenvalue weighted by Crippen LogP contribution is 2.35. The fourth-order valence-corrected chi connectivity index (χ4v) is 2.35. The van der Waals surface area contributed by atoms with E-state index in [1.54, 1.807) is 6.92 Å². The largest absolute Gasteiger partial charge is 0.492 e. The van der Waals surface area contributed by atoms with Crippen LogP contribution in [0.1, 0.15) is 34.1 Å². The molecule has 1 aliphatic rings. The monoisotopic (exact) mass is 202 g/mol. The lowest BCUT2D eigenvalue weighted by atomic mass is 9.86. The Hall–Kier alpha value is -0.500.